The molecule has 0 bridgehead atoms. The molecule has 0 amide bonds. The first-order valence-corrected chi connectivity index (χ1v) is 10.2. The summed E-state index contributed by atoms with van der Waals surface area (Å²) in [6.07, 6.45) is 4.90. The summed E-state index contributed by atoms with van der Waals surface area (Å²) in [5.41, 5.74) is 2.69. The molecule has 2 aromatic heterocycles. The predicted molar refractivity (Wildman–Crippen MR) is 98.9 cm³/mol. The minimum Gasteiger partial charge on any atom is -0.314 e. The maximum absolute atomic E-state index is 12.0. The minimum absolute atomic E-state index is 0.0541. The molecule has 1 aliphatic heterocycles. The van der Waals surface area contributed by atoms with Crippen molar-refractivity contribution in [1.29, 1.82) is 0 Å². The van der Waals surface area contributed by atoms with Crippen LogP contribution in [0, 0.1) is 0 Å². The first-order valence-electron chi connectivity index (χ1n) is 8.61. The van der Waals surface area contributed by atoms with Gasteiger partial charge in [0.15, 0.2) is 0 Å². The molecule has 0 spiro atoms. The van der Waals surface area contributed by atoms with Gasteiger partial charge in [0, 0.05) is 23.5 Å². The minimum atomic E-state index is -3.96. The molecule has 1 saturated heterocycles. The average molecular weight is 385 g/mol. The Morgan fingerprint density at radius 2 is 2.07 bits per heavy atom. The monoisotopic (exact) mass is 385 g/mol. The number of primary sulfonamides is 1. The molecule has 27 heavy (non-hydrogen) atoms. The summed E-state index contributed by atoms with van der Waals surface area (Å²) in [5.74, 6) is 0.162. The highest BCUT2D eigenvalue weighted by molar-refractivity contribution is 7.89. The van der Waals surface area contributed by atoms with Crippen LogP contribution in [0.15, 0.2) is 41.4 Å². The Kier molecular flexibility index (Phi) is 4.68. The fraction of sp³-hybridized carbons (Fsp3) is 0.294. The summed E-state index contributed by atoms with van der Waals surface area (Å²) in [6, 6.07) is 9.31. The molecule has 4 N–H and O–H groups in total. The first kappa shape index (κ1) is 17.7. The zero-order chi connectivity index (χ0) is 18.9. The van der Waals surface area contributed by atoms with Crippen LogP contribution in [0.3, 0.4) is 0 Å². The first-order chi connectivity index (χ1) is 13.0. The van der Waals surface area contributed by atoms with Crippen LogP contribution in [0.1, 0.15) is 18.5 Å². The Labute approximate surface area is 156 Å². The van der Waals surface area contributed by atoms with Gasteiger partial charge in [-0.15, -0.1) is 10.2 Å². The number of hydrogen-bond acceptors (Lipinski definition) is 7. The molecule has 0 aliphatic carbocycles. The van der Waals surface area contributed by atoms with Crippen LogP contribution in [-0.4, -0.2) is 46.6 Å². The molecular weight excluding hydrogens is 366 g/mol. The van der Waals surface area contributed by atoms with E-state index in [1.165, 1.54) is 12.5 Å². The highest BCUT2D eigenvalue weighted by Crippen LogP contribution is 2.34. The molecule has 10 heteroatoms. The third-order valence-electron chi connectivity index (χ3n) is 4.71. The predicted octanol–water partition coefficient (Wildman–Crippen LogP) is 0.871. The largest absolute Gasteiger partial charge is 0.314 e. The lowest BCUT2D eigenvalue weighted by Gasteiger charge is -2.27. The van der Waals surface area contributed by atoms with Crippen LogP contribution in [0.4, 0.5) is 0 Å². The summed E-state index contributed by atoms with van der Waals surface area (Å²) < 4.78 is 24.1. The van der Waals surface area contributed by atoms with E-state index in [0.29, 0.717) is 17.2 Å². The number of rotatable bonds is 6. The lowest BCUT2D eigenvalue weighted by atomic mass is 9.98. The van der Waals surface area contributed by atoms with Gasteiger partial charge in [-0.05, 0) is 48.7 Å². The molecule has 3 heterocycles. The molecular formula is C17H19N7O2S. The van der Waals surface area contributed by atoms with Crippen molar-refractivity contribution in [3.63, 3.8) is 0 Å². The SMILES string of the molecule is NS(=O)(=O)c1cccc(-c2ccc(CCC3CCN3)nc2)c1-c1nn[nH]n1. The number of H-pyrrole nitrogens is 1. The van der Waals surface area contributed by atoms with Gasteiger partial charge in [0.25, 0.3) is 0 Å². The van der Waals surface area contributed by atoms with Crippen LogP contribution in [0.5, 0.6) is 0 Å². The number of nitrogens with zero attached hydrogens (tertiary/aromatic N) is 4. The zero-order valence-corrected chi connectivity index (χ0v) is 15.3. The van der Waals surface area contributed by atoms with Gasteiger partial charge >= 0.3 is 0 Å². The molecule has 4 rings (SSSR count). The molecule has 3 aromatic rings. The van der Waals surface area contributed by atoms with Crippen molar-refractivity contribution in [2.75, 3.05) is 6.54 Å². The van der Waals surface area contributed by atoms with Gasteiger partial charge in [0.2, 0.25) is 15.8 Å². The summed E-state index contributed by atoms with van der Waals surface area (Å²) in [7, 11) is -3.96. The second kappa shape index (κ2) is 7.14. The van der Waals surface area contributed by atoms with E-state index in [1.807, 2.05) is 12.1 Å². The molecule has 1 aromatic carbocycles. The molecule has 9 nitrogen and oxygen atoms in total. The van der Waals surface area contributed by atoms with Crippen molar-refractivity contribution in [1.82, 2.24) is 30.9 Å². The molecule has 140 valence electrons. The molecule has 1 unspecified atom stereocenters. The number of nitrogens with two attached hydrogens (primary N) is 1. The fourth-order valence-electron chi connectivity index (χ4n) is 3.16. The Morgan fingerprint density at radius 3 is 2.67 bits per heavy atom. The number of sulfonamides is 1. The van der Waals surface area contributed by atoms with Gasteiger partial charge in [0.05, 0.1) is 10.5 Å². The van der Waals surface area contributed by atoms with Gasteiger partial charge in [-0.1, -0.05) is 18.2 Å². The normalized spacial score (nSPS) is 16.9. The van der Waals surface area contributed by atoms with Crippen LogP contribution >= 0.6 is 0 Å². The summed E-state index contributed by atoms with van der Waals surface area (Å²) in [6.45, 7) is 1.09. The standard InChI is InChI=1S/C17H19N7O2S/c18-27(25,26)15-3-1-2-14(16(15)17-21-23-24-22-17)11-4-5-12(20-10-11)6-7-13-8-9-19-13/h1-5,10,13,19H,6-9H2,(H2,18,25,26)(H,21,22,23,24). The number of aryl methyl sites for hydroxylation is 1. The van der Waals surface area contributed by atoms with Gasteiger partial charge < -0.3 is 5.32 Å². The Balaban J connectivity index is 1.70. The van der Waals surface area contributed by atoms with Crippen LogP contribution in [0.25, 0.3) is 22.5 Å². The lowest BCUT2D eigenvalue weighted by Crippen LogP contribution is -2.42. The summed E-state index contributed by atoms with van der Waals surface area (Å²) in [4.78, 5) is 4.47. The van der Waals surface area contributed by atoms with Gasteiger partial charge in [-0.3, -0.25) is 4.98 Å². The van der Waals surface area contributed by atoms with Crippen molar-refractivity contribution >= 4 is 10.0 Å². The van der Waals surface area contributed by atoms with Crippen LogP contribution < -0.4 is 10.5 Å². The van der Waals surface area contributed by atoms with E-state index in [0.717, 1.165) is 30.6 Å². The Hall–Kier alpha value is -2.69. The average Bonchev–Trinajstić information content (AvgIpc) is 3.14. The maximum Gasteiger partial charge on any atom is 0.238 e. The van der Waals surface area contributed by atoms with E-state index in [2.05, 4.69) is 30.9 Å². The van der Waals surface area contributed by atoms with Gasteiger partial charge in [-0.25, -0.2) is 13.6 Å². The van der Waals surface area contributed by atoms with Crippen molar-refractivity contribution in [2.24, 2.45) is 5.14 Å². The Morgan fingerprint density at radius 1 is 1.22 bits per heavy atom. The van der Waals surface area contributed by atoms with Gasteiger partial charge in [0.1, 0.15) is 0 Å². The number of benzene rings is 1. The van der Waals surface area contributed by atoms with E-state index >= 15 is 0 Å². The van der Waals surface area contributed by atoms with Crippen molar-refractivity contribution in [3.05, 3.63) is 42.2 Å². The third-order valence-corrected chi connectivity index (χ3v) is 5.67. The van der Waals surface area contributed by atoms with E-state index < -0.39 is 10.0 Å². The number of nitrogens with one attached hydrogen (secondary N) is 2. The van der Waals surface area contributed by atoms with Crippen molar-refractivity contribution < 1.29 is 8.42 Å². The topological polar surface area (TPSA) is 140 Å². The van der Waals surface area contributed by atoms with E-state index in [1.54, 1.807) is 18.3 Å². The number of hydrogen-bond donors (Lipinski definition) is 3. The molecule has 1 fully saturated rings. The van der Waals surface area contributed by atoms with Crippen LogP contribution in [-0.2, 0) is 16.4 Å². The smallest absolute Gasteiger partial charge is 0.238 e. The zero-order valence-electron chi connectivity index (χ0n) is 14.5. The highest BCUT2D eigenvalue weighted by Gasteiger charge is 2.22. The molecule has 1 aliphatic rings. The van der Waals surface area contributed by atoms with Crippen molar-refractivity contribution in [2.45, 2.75) is 30.2 Å². The molecule has 0 radical (unpaired) electrons. The molecule has 1 atom stereocenters. The Bertz CT molecular complexity index is 1030. The number of pyridine rings is 1. The second-order valence-corrected chi connectivity index (χ2v) is 8.01. The van der Waals surface area contributed by atoms with E-state index in [9.17, 15) is 8.42 Å². The summed E-state index contributed by atoms with van der Waals surface area (Å²) in [5, 5.41) is 22.5. The van der Waals surface area contributed by atoms with E-state index in [-0.39, 0.29) is 10.7 Å². The van der Waals surface area contributed by atoms with Gasteiger partial charge in [-0.2, -0.15) is 5.21 Å². The number of aromatic nitrogens is 5. The molecule has 0 saturated carbocycles. The van der Waals surface area contributed by atoms with E-state index in [4.69, 9.17) is 5.14 Å². The fourth-order valence-corrected chi connectivity index (χ4v) is 3.91. The quantitative estimate of drug-likeness (QED) is 0.572. The number of aromatic amines is 1. The van der Waals surface area contributed by atoms with Crippen LogP contribution in [0.2, 0.25) is 0 Å². The third kappa shape index (κ3) is 3.72. The van der Waals surface area contributed by atoms with Crippen molar-refractivity contribution in [3.8, 4) is 22.5 Å². The second-order valence-electron chi connectivity index (χ2n) is 6.48. The highest BCUT2D eigenvalue weighted by atomic mass is 32.2. The number of tetrazole rings is 1. The maximum atomic E-state index is 12.0. The lowest BCUT2D eigenvalue weighted by molar-refractivity contribution is 0.350. The summed E-state index contributed by atoms with van der Waals surface area (Å²) >= 11 is 0.